The van der Waals surface area contributed by atoms with Crippen LogP contribution in [0.1, 0.15) is 13.8 Å². The van der Waals surface area contributed by atoms with Gasteiger partial charge in [0, 0.05) is 151 Å². The molecule has 2 aliphatic carbocycles. The van der Waals surface area contributed by atoms with Crippen molar-refractivity contribution in [2.75, 3.05) is 168 Å². The molecule has 0 amide bonds. The second-order valence-electron chi connectivity index (χ2n) is 23.5. The zero-order valence-electron chi connectivity index (χ0n) is 56.5. The zero-order chi connectivity index (χ0) is 67.1. The molecule has 7 rings (SSSR count). The highest BCUT2D eigenvalue weighted by Gasteiger charge is 2.73. The van der Waals surface area contributed by atoms with E-state index in [-0.39, 0.29) is 50.5 Å². The molecule has 5 saturated heterocycles. The van der Waals surface area contributed by atoms with E-state index in [1.807, 2.05) is 13.8 Å². The Morgan fingerprint density at radius 2 is 0.769 bits per heavy atom. The molecule has 0 aromatic carbocycles. The van der Waals surface area contributed by atoms with Gasteiger partial charge in [-0.1, -0.05) is 5.11 Å². The number of azide groups is 1. The van der Waals surface area contributed by atoms with Crippen molar-refractivity contribution in [3.63, 3.8) is 0 Å². The van der Waals surface area contributed by atoms with E-state index in [0.29, 0.717) is 6.61 Å². The summed E-state index contributed by atoms with van der Waals surface area (Å²) in [4.78, 5) is 3.03. The average Bonchev–Trinajstić information content (AvgIpc) is 1.56. The molecule has 5 N–H and O–H groups in total. The van der Waals surface area contributed by atoms with Crippen LogP contribution < -0.4 is 10.6 Å². The van der Waals surface area contributed by atoms with E-state index in [1.165, 1.54) is 49.8 Å². The molecule has 0 spiro atoms. The fourth-order valence-electron chi connectivity index (χ4n) is 14.9. The van der Waals surface area contributed by atoms with Gasteiger partial charge >= 0.3 is 0 Å². The lowest BCUT2D eigenvalue weighted by Gasteiger charge is -2.55. The lowest BCUT2D eigenvalue weighted by molar-refractivity contribution is -0.355. The van der Waals surface area contributed by atoms with Gasteiger partial charge in [0.15, 0.2) is 25.2 Å². The molecule has 532 valence electrons. The molecule has 7 fully saturated rings. The van der Waals surface area contributed by atoms with Gasteiger partial charge in [0.05, 0.1) is 94.3 Å². The summed E-state index contributed by atoms with van der Waals surface area (Å²) in [5, 5.41) is 43.8. The van der Waals surface area contributed by atoms with E-state index in [9.17, 15) is 20.9 Å². The van der Waals surface area contributed by atoms with Crippen LogP contribution in [-0.4, -0.2) is 365 Å². The molecule has 91 heavy (non-hydrogen) atoms. The second-order valence-corrected chi connectivity index (χ2v) is 23.5. The number of hydrogen-bond donors (Lipinski definition) is 5. The van der Waals surface area contributed by atoms with E-state index in [1.54, 1.807) is 78.2 Å². The summed E-state index contributed by atoms with van der Waals surface area (Å²) in [6.07, 6.45) is -14.7. The minimum atomic E-state index is -1.83. The van der Waals surface area contributed by atoms with Crippen molar-refractivity contribution < 1.29 is 134 Å². The normalized spacial score (nSPS) is 45.7. The first-order chi connectivity index (χ1) is 43.9. The summed E-state index contributed by atoms with van der Waals surface area (Å²) in [7, 11) is 27.8. The topological polar surface area (TPSA) is 368 Å². The zero-order valence-corrected chi connectivity index (χ0v) is 56.5. The number of nitrogens with one attached hydrogen (secondary N) is 2. The summed E-state index contributed by atoms with van der Waals surface area (Å²) < 4.78 is 148. The van der Waals surface area contributed by atoms with Gasteiger partial charge < -0.3 is 144 Å². The average molecular weight is 1320 g/mol. The highest BCUT2D eigenvalue weighted by molar-refractivity contribution is 5.22. The molecule has 33 heteroatoms. The maximum Gasteiger partial charge on any atom is 0.187 e. The summed E-state index contributed by atoms with van der Waals surface area (Å²) in [5.74, 6) is -1.24. The summed E-state index contributed by atoms with van der Waals surface area (Å²) in [6.45, 7) is 3.58. The Kier molecular flexibility index (Phi) is 31.4. The van der Waals surface area contributed by atoms with Crippen molar-refractivity contribution in [3.05, 3.63) is 10.4 Å². The highest BCUT2D eigenvalue weighted by Crippen LogP contribution is 2.53. The van der Waals surface area contributed by atoms with Crippen molar-refractivity contribution >= 4 is 0 Å². The lowest BCUT2D eigenvalue weighted by atomic mass is 9.67. The minimum absolute atomic E-state index is 0.133. The molecule has 0 bridgehead atoms. The smallest absolute Gasteiger partial charge is 0.187 e. The molecule has 33 nitrogen and oxygen atoms in total. The van der Waals surface area contributed by atoms with Crippen LogP contribution in [0.15, 0.2) is 5.11 Å². The van der Waals surface area contributed by atoms with Crippen molar-refractivity contribution in [3.8, 4) is 0 Å². The van der Waals surface area contributed by atoms with Gasteiger partial charge in [0.2, 0.25) is 0 Å². The van der Waals surface area contributed by atoms with Gasteiger partial charge in [0.25, 0.3) is 0 Å². The SMILES string of the molecule is COCC1O[C@@H](OC)C(OC)[C@H](OC)[C@H]1O[C@@H]1OC(C)[C@H](N[C@H]2C(OC)[C@H](OC)[C@@H](CO)C(O)(COC)C2N=[N+]=[N-])[C@@H](OC)C1OC.COCC1O[C@@H](OC)C(OC)[C@H](OC)[C@H]1O[C@@H]1OC(C)[C@H](N[C@H]2C(OC)[C@H](OC)[C@@H](CO)C3(COC)OC23)[C@@H](OC)C1OC. The molecular formula is C58H107N5O28. The van der Waals surface area contributed by atoms with E-state index in [0.717, 1.165) is 0 Å². The van der Waals surface area contributed by atoms with Crippen molar-refractivity contribution in [2.45, 2.75) is 196 Å². The Bertz CT molecular complexity index is 2140. The minimum Gasteiger partial charge on any atom is -0.396 e. The summed E-state index contributed by atoms with van der Waals surface area (Å²) >= 11 is 0. The number of ether oxygens (including phenoxy) is 25. The highest BCUT2D eigenvalue weighted by atomic mass is 16.8. The number of aliphatic hydroxyl groups is 3. The third kappa shape index (κ3) is 16.0. The summed E-state index contributed by atoms with van der Waals surface area (Å²) in [6, 6.07) is -3.37. The van der Waals surface area contributed by atoms with E-state index >= 15 is 0 Å². The molecule has 0 radical (unpaired) electrons. The molecule has 14 unspecified atom stereocenters. The van der Waals surface area contributed by atoms with Gasteiger partial charge in [-0.3, -0.25) is 0 Å². The maximum absolute atomic E-state index is 12.0. The van der Waals surface area contributed by atoms with Crippen LogP contribution in [0, 0.1) is 11.8 Å². The fourth-order valence-corrected chi connectivity index (χ4v) is 14.9. The molecule has 0 aromatic heterocycles. The molecular weight excluding hydrogens is 1210 g/mol. The van der Waals surface area contributed by atoms with Crippen LogP contribution in [0.3, 0.4) is 0 Å². The van der Waals surface area contributed by atoms with Crippen LogP contribution in [0.4, 0.5) is 0 Å². The predicted molar refractivity (Wildman–Crippen MR) is 315 cm³/mol. The monoisotopic (exact) mass is 1320 g/mol. The Labute approximate surface area is 534 Å². The van der Waals surface area contributed by atoms with Crippen molar-refractivity contribution in [2.24, 2.45) is 17.0 Å². The first-order valence-corrected chi connectivity index (χ1v) is 30.4. The number of aliphatic hydroxyl groups excluding tert-OH is 2. The fraction of sp³-hybridized carbons (Fsp3) is 1.00. The number of epoxide rings is 1. The number of hydrogen-bond acceptors (Lipinski definition) is 31. The standard InChI is InChI=1S/C29H54N4O14.C29H53NO14/c1-14-17(31-18-22(40-6)19(38-4)15(11-34)29(35,13-37-3)26(18)32-33-30)21(39-5)24(42-8)28(45-14)47-20-16(12-36-2)46-27(44-10)25(43-9)23(20)41-7;1-14-17(30-18-22(36-6)19(34-4)15(11-31)29(13-33-3)26(18)44-29)21(35-5)24(38-8)28(41-14)43-20-16(12-32-2)42-27(40-10)25(39-9)23(20)37-7/h14-28,31,34-35H,11-13H2,1-10H3;14-28,30-31H,11-13H2,1-10H3/t2*14?,15-,16?,17+,18+,19-,20+,21-,22?,23-,24?,25?,26?,27-,28+,29?/m11/s1. The number of nitrogens with zero attached hydrogens (tertiary/aromatic N) is 3. The number of methoxy groups -OCH3 is 18. The number of fused-ring (bicyclic) bond motifs is 1. The van der Waals surface area contributed by atoms with Crippen molar-refractivity contribution in [1.29, 1.82) is 0 Å². The Hall–Kier alpha value is -1.89. The quantitative estimate of drug-likeness (QED) is 0.0209. The van der Waals surface area contributed by atoms with Gasteiger partial charge in [0.1, 0.15) is 96.7 Å². The summed E-state index contributed by atoms with van der Waals surface area (Å²) in [5.41, 5.74) is 7.04. The van der Waals surface area contributed by atoms with E-state index in [2.05, 4.69) is 20.7 Å². The second kappa shape index (κ2) is 36.6. The molecule has 0 aromatic rings. The Balaban J connectivity index is 0.000000290. The van der Waals surface area contributed by atoms with E-state index < -0.39 is 177 Å². The number of rotatable bonds is 33. The van der Waals surface area contributed by atoms with Crippen LogP contribution in [-0.2, 0) is 118 Å². The Morgan fingerprint density at radius 1 is 0.407 bits per heavy atom. The van der Waals surface area contributed by atoms with Crippen molar-refractivity contribution in [1.82, 2.24) is 10.6 Å². The van der Waals surface area contributed by atoms with Gasteiger partial charge in [-0.05, 0) is 19.4 Å². The van der Waals surface area contributed by atoms with Crippen LogP contribution in [0.2, 0.25) is 0 Å². The molecule has 32 atom stereocenters. The first-order valence-electron chi connectivity index (χ1n) is 30.4. The third-order valence-corrected chi connectivity index (χ3v) is 19.2. The molecule has 7 aliphatic rings. The van der Waals surface area contributed by atoms with Gasteiger partial charge in [-0.2, -0.15) is 0 Å². The first kappa shape index (κ1) is 78.1. The van der Waals surface area contributed by atoms with Crippen LogP contribution in [0.5, 0.6) is 0 Å². The molecule has 5 aliphatic heterocycles. The van der Waals surface area contributed by atoms with Crippen LogP contribution in [0.25, 0.3) is 10.4 Å². The van der Waals surface area contributed by atoms with Gasteiger partial charge in [-0.15, -0.1) is 0 Å². The van der Waals surface area contributed by atoms with E-state index in [4.69, 9.17) is 118 Å². The van der Waals surface area contributed by atoms with Crippen LogP contribution >= 0.6 is 0 Å². The largest absolute Gasteiger partial charge is 0.396 e. The predicted octanol–water partition coefficient (Wildman–Crippen LogP) is -1.81. The molecule has 5 heterocycles. The van der Waals surface area contributed by atoms with Gasteiger partial charge in [-0.25, -0.2) is 0 Å². The Morgan fingerprint density at radius 3 is 1.12 bits per heavy atom. The molecule has 2 saturated carbocycles. The maximum atomic E-state index is 12.0. The lowest BCUT2D eigenvalue weighted by Crippen LogP contribution is -2.76. The third-order valence-electron chi connectivity index (χ3n) is 19.2.